The summed E-state index contributed by atoms with van der Waals surface area (Å²) in [5.74, 6) is 0.938. The molecule has 0 spiro atoms. The van der Waals surface area contributed by atoms with E-state index < -0.39 is 0 Å². The van der Waals surface area contributed by atoms with Gasteiger partial charge in [0.25, 0.3) is 0 Å². The highest BCUT2D eigenvalue weighted by Gasteiger charge is 2.16. The summed E-state index contributed by atoms with van der Waals surface area (Å²) >= 11 is 1.73. The smallest absolute Gasteiger partial charge is 0.135 e. The molecule has 1 fully saturated rings. The Labute approximate surface area is 132 Å². The number of pyridine rings is 1. The van der Waals surface area contributed by atoms with E-state index >= 15 is 0 Å². The van der Waals surface area contributed by atoms with Crippen molar-refractivity contribution in [1.82, 2.24) is 10.3 Å². The lowest BCUT2D eigenvalue weighted by Gasteiger charge is -2.24. The minimum absolute atomic E-state index is 0.418. The molecular formula is C17H16N4S. The van der Waals surface area contributed by atoms with Crippen LogP contribution in [-0.2, 0) is 0 Å². The number of anilines is 1. The third-order valence-corrected chi connectivity index (χ3v) is 5.11. The Hall–Kier alpha value is -2.16. The Morgan fingerprint density at radius 3 is 3.09 bits per heavy atom. The summed E-state index contributed by atoms with van der Waals surface area (Å²) in [6.45, 7) is 2.08. The molecule has 22 heavy (non-hydrogen) atoms. The topological polar surface area (TPSA) is 60.7 Å². The summed E-state index contributed by atoms with van der Waals surface area (Å²) in [6.07, 6.45) is 2.35. The first-order valence-corrected chi connectivity index (χ1v) is 8.41. The minimum Gasteiger partial charge on any atom is -0.366 e. The standard InChI is InChI=1S/C17H16N4S/c18-9-11-3-4-13-15(8-11)21-17(14-5-7-22-16(13)14)20-12-2-1-6-19-10-12/h3-5,7-8,12,19H,1-2,6,10H2,(H,20,21). The van der Waals surface area contributed by atoms with Crippen molar-refractivity contribution in [1.29, 1.82) is 5.26 Å². The van der Waals surface area contributed by atoms with Gasteiger partial charge in [-0.25, -0.2) is 4.98 Å². The zero-order chi connectivity index (χ0) is 14.9. The number of hydrogen-bond donors (Lipinski definition) is 2. The van der Waals surface area contributed by atoms with Gasteiger partial charge in [-0.1, -0.05) is 6.07 Å². The number of thiophene rings is 1. The third-order valence-electron chi connectivity index (χ3n) is 4.16. The van der Waals surface area contributed by atoms with Crippen molar-refractivity contribution in [3.8, 4) is 6.07 Å². The van der Waals surface area contributed by atoms with Crippen LogP contribution in [-0.4, -0.2) is 24.1 Å². The molecule has 0 bridgehead atoms. The van der Waals surface area contributed by atoms with E-state index in [1.54, 1.807) is 11.3 Å². The predicted molar refractivity (Wildman–Crippen MR) is 91.4 cm³/mol. The van der Waals surface area contributed by atoms with E-state index in [1.807, 2.05) is 18.2 Å². The maximum Gasteiger partial charge on any atom is 0.135 e. The number of fused-ring (bicyclic) bond motifs is 3. The summed E-state index contributed by atoms with van der Waals surface area (Å²) in [7, 11) is 0. The molecule has 0 aliphatic carbocycles. The molecule has 0 saturated carbocycles. The van der Waals surface area contributed by atoms with Gasteiger partial charge in [-0.2, -0.15) is 5.26 Å². The molecule has 0 radical (unpaired) electrons. The number of aromatic nitrogens is 1. The number of nitrogens with zero attached hydrogens (tertiary/aromatic N) is 2. The number of nitriles is 1. The summed E-state index contributed by atoms with van der Waals surface area (Å²) in [6, 6.07) is 10.5. The van der Waals surface area contributed by atoms with E-state index in [0.29, 0.717) is 11.6 Å². The van der Waals surface area contributed by atoms with Crippen LogP contribution in [0.25, 0.3) is 21.0 Å². The van der Waals surface area contributed by atoms with Crippen molar-refractivity contribution in [2.45, 2.75) is 18.9 Å². The molecule has 1 aliphatic rings. The predicted octanol–water partition coefficient (Wildman–Crippen LogP) is 3.49. The van der Waals surface area contributed by atoms with Gasteiger partial charge in [0.2, 0.25) is 0 Å². The normalized spacial score (nSPS) is 18.4. The molecule has 0 amide bonds. The summed E-state index contributed by atoms with van der Waals surface area (Å²) in [5.41, 5.74) is 1.54. The van der Waals surface area contributed by atoms with Crippen molar-refractivity contribution in [2.24, 2.45) is 0 Å². The van der Waals surface area contributed by atoms with E-state index in [2.05, 4.69) is 28.1 Å². The van der Waals surface area contributed by atoms with Gasteiger partial charge in [0, 0.05) is 28.1 Å². The lowest BCUT2D eigenvalue weighted by molar-refractivity contribution is 0.479. The zero-order valence-corrected chi connectivity index (χ0v) is 12.9. The number of rotatable bonds is 2. The average molecular weight is 308 g/mol. The van der Waals surface area contributed by atoms with Crippen LogP contribution in [0.2, 0.25) is 0 Å². The Morgan fingerprint density at radius 1 is 1.32 bits per heavy atom. The van der Waals surface area contributed by atoms with E-state index in [1.165, 1.54) is 16.5 Å². The molecule has 1 aromatic carbocycles. The molecule has 2 N–H and O–H groups in total. The average Bonchev–Trinajstić information content (AvgIpc) is 3.05. The molecule has 110 valence electrons. The molecule has 1 atom stereocenters. The quantitative estimate of drug-likeness (QED) is 0.761. The highest BCUT2D eigenvalue weighted by molar-refractivity contribution is 7.18. The Bertz CT molecular complexity index is 871. The maximum absolute atomic E-state index is 9.10. The second-order valence-electron chi connectivity index (χ2n) is 5.66. The van der Waals surface area contributed by atoms with Crippen LogP contribution < -0.4 is 10.6 Å². The van der Waals surface area contributed by atoms with Crippen LogP contribution in [0.4, 0.5) is 5.82 Å². The summed E-state index contributed by atoms with van der Waals surface area (Å²) in [5, 5.41) is 20.5. The van der Waals surface area contributed by atoms with Gasteiger partial charge in [-0.3, -0.25) is 0 Å². The van der Waals surface area contributed by atoms with Crippen molar-refractivity contribution in [3.05, 3.63) is 35.2 Å². The highest BCUT2D eigenvalue weighted by Crippen LogP contribution is 2.34. The minimum atomic E-state index is 0.418. The van der Waals surface area contributed by atoms with E-state index in [0.717, 1.165) is 36.2 Å². The first-order valence-electron chi connectivity index (χ1n) is 7.53. The summed E-state index contributed by atoms with van der Waals surface area (Å²) in [4.78, 5) is 4.79. The van der Waals surface area contributed by atoms with Crippen LogP contribution in [0.3, 0.4) is 0 Å². The van der Waals surface area contributed by atoms with E-state index in [-0.39, 0.29) is 0 Å². The largest absolute Gasteiger partial charge is 0.366 e. The Kier molecular flexibility index (Phi) is 3.41. The molecule has 3 heterocycles. The van der Waals surface area contributed by atoms with Crippen molar-refractivity contribution < 1.29 is 0 Å². The van der Waals surface area contributed by atoms with Crippen molar-refractivity contribution in [2.75, 3.05) is 18.4 Å². The van der Waals surface area contributed by atoms with Gasteiger partial charge >= 0.3 is 0 Å². The number of benzene rings is 1. The van der Waals surface area contributed by atoms with E-state index in [9.17, 15) is 0 Å². The Balaban J connectivity index is 1.84. The van der Waals surface area contributed by atoms with Crippen LogP contribution in [0.15, 0.2) is 29.6 Å². The monoisotopic (exact) mass is 308 g/mol. The molecule has 1 aliphatic heterocycles. The van der Waals surface area contributed by atoms with Gasteiger partial charge < -0.3 is 10.6 Å². The first-order chi connectivity index (χ1) is 10.8. The molecule has 2 aromatic heterocycles. The molecule has 4 rings (SSSR count). The number of nitrogens with one attached hydrogen (secondary N) is 2. The maximum atomic E-state index is 9.10. The van der Waals surface area contributed by atoms with Gasteiger partial charge in [-0.15, -0.1) is 11.3 Å². The molecule has 4 nitrogen and oxygen atoms in total. The van der Waals surface area contributed by atoms with Gasteiger partial charge in [-0.05, 0) is 43.0 Å². The van der Waals surface area contributed by atoms with Crippen LogP contribution >= 0.6 is 11.3 Å². The molecule has 1 saturated heterocycles. The second-order valence-corrected chi connectivity index (χ2v) is 6.57. The molecule has 1 unspecified atom stereocenters. The van der Waals surface area contributed by atoms with E-state index in [4.69, 9.17) is 10.2 Å². The van der Waals surface area contributed by atoms with Crippen LogP contribution in [0, 0.1) is 11.3 Å². The summed E-state index contributed by atoms with van der Waals surface area (Å²) < 4.78 is 1.24. The molecule has 5 heteroatoms. The fourth-order valence-corrected chi connectivity index (χ4v) is 3.98. The number of piperidine rings is 1. The lowest BCUT2D eigenvalue weighted by atomic mass is 10.1. The zero-order valence-electron chi connectivity index (χ0n) is 12.1. The van der Waals surface area contributed by atoms with Gasteiger partial charge in [0.05, 0.1) is 17.1 Å². The molecule has 3 aromatic rings. The fraction of sp³-hybridized carbons (Fsp3) is 0.294. The van der Waals surface area contributed by atoms with Crippen molar-refractivity contribution in [3.63, 3.8) is 0 Å². The van der Waals surface area contributed by atoms with Gasteiger partial charge in [0.1, 0.15) is 5.82 Å². The van der Waals surface area contributed by atoms with Crippen LogP contribution in [0.5, 0.6) is 0 Å². The molecular weight excluding hydrogens is 292 g/mol. The van der Waals surface area contributed by atoms with Crippen molar-refractivity contribution >= 4 is 38.1 Å². The second kappa shape index (κ2) is 5.56. The third kappa shape index (κ3) is 2.31. The lowest BCUT2D eigenvalue weighted by Crippen LogP contribution is -2.38. The van der Waals surface area contributed by atoms with Crippen LogP contribution in [0.1, 0.15) is 18.4 Å². The highest BCUT2D eigenvalue weighted by atomic mass is 32.1. The fourth-order valence-electron chi connectivity index (χ4n) is 3.05. The SMILES string of the molecule is N#Cc1ccc2c(c1)nc(NC1CCCNC1)c1ccsc12. The number of hydrogen-bond acceptors (Lipinski definition) is 5. The first kappa shape index (κ1) is 13.5. The Morgan fingerprint density at radius 2 is 2.27 bits per heavy atom. The van der Waals surface area contributed by atoms with Gasteiger partial charge in [0.15, 0.2) is 0 Å².